The number of rotatable bonds is 5. The molecule has 0 spiro atoms. The van der Waals surface area contributed by atoms with Crippen LogP contribution in [0.1, 0.15) is 35.8 Å². The number of likely N-dealkylation sites (N-methyl/N-ethyl adjacent to an activating group) is 1. The number of fused-ring (bicyclic) bond motifs is 1. The predicted octanol–water partition coefficient (Wildman–Crippen LogP) is 3.59. The molecule has 1 aliphatic rings. The van der Waals surface area contributed by atoms with E-state index in [0.29, 0.717) is 0 Å². The summed E-state index contributed by atoms with van der Waals surface area (Å²) in [5.74, 6) is 1.11. The molecule has 0 saturated carbocycles. The van der Waals surface area contributed by atoms with Gasteiger partial charge in [-0.15, -0.1) is 0 Å². The second kappa shape index (κ2) is 6.73. The molecule has 0 heterocycles. The van der Waals surface area contributed by atoms with Crippen LogP contribution in [0.15, 0.2) is 48.5 Å². The average molecular weight is 311 g/mol. The third kappa shape index (κ3) is 3.12. The molecule has 3 unspecified atom stereocenters. The van der Waals surface area contributed by atoms with Crippen LogP contribution in [0.25, 0.3) is 0 Å². The smallest absolute Gasteiger partial charge is 0.118 e. The van der Waals surface area contributed by atoms with Gasteiger partial charge in [-0.05, 0) is 42.3 Å². The van der Waals surface area contributed by atoms with Gasteiger partial charge in [0.15, 0.2) is 0 Å². The lowest BCUT2D eigenvalue weighted by Crippen LogP contribution is -2.29. The van der Waals surface area contributed by atoms with Crippen LogP contribution in [0.2, 0.25) is 0 Å². The molecule has 2 aromatic rings. The van der Waals surface area contributed by atoms with Crippen LogP contribution in [0.4, 0.5) is 0 Å². The first kappa shape index (κ1) is 16.0. The normalized spacial score (nSPS) is 23.1. The van der Waals surface area contributed by atoms with Crippen molar-refractivity contribution in [2.45, 2.75) is 25.5 Å². The first-order valence-corrected chi connectivity index (χ1v) is 8.22. The van der Waals surface area contributed by atoms with Crippen molar-refractivity contribution in [1.82, 2.24) is 4.90 Å². The molecular weight excluding hydrogens is 286 g/mol. The molecule has 3 rings (SSSR count). The van der Waals surface area contributed by atoms with E-state index in [1.165, 1.54) is 11.1 Å². The Morgan fingerprint density at radius 1 is 1.04 bits per heavy atom. The quantitative estimate of drug-likeness (QED) is 0.916. The monoisotopic (exact) mass is 311 g/mol. The number of nitrogens with zero attached hydrogens (tertiary/aromatic N) is 1. The van der Waals surface area contributed by atoms with Gasteiger partial charge in [0.05, 0.1) is 13.2 Å². The summed E-state index contributed by atoms with van der Waals surface area (Å²) in [5.41, 5.74) is 3.66. The summed E-state index contributed by atoms with van der Waals surface area (Å²) in [5, 5.41) is 10.5. The van der Waals surface area contributed by atoms with Crippen LogP contribution in [0.5, 0.6) is 5.75 Å². The molecule has 3 atom stereocenters. The van der Waals surface area contributed by atoms with Crippen molar-refractivity contribution in [3.05, 3.63) is 65.2 Å². The number of hydrogen-bond acceptors (Lipinski definition) is 3. The van der Waals surface area contributed by atoms with E-state index in [0.717, 1.165) is 24.3 Å². The first-order chi connectivity index (χ1) is 11.1. The van der Waals surface area contributed by atoms with Crippen LogP contribution >= 0.6 is 0 Å². The fraction of sp³-hybridized carbons (Fsp3) is 0.400. The molecule has 0 bridgehead atoms. The minimum Gasteiger partial charge on any atom is -0.497 e. The Kier molecular flexibility index (Phi) is 4.69. The Labute approximate surface area is 138 Å². The molecule has 2 aromatic carbocycles. The molecule has 3 nitrogen and oxygen atoms in total. The Balaban J connectivity index is 1.69. The Bertz CT molecular complexity index is 653. The van der Waals surface area contributed by atoms with Crippen molar-refractivity contribution in [2.75, 3.05) is 20.7 Å². The molecule has 0 aliphatic heterocycles. The van der Waals surface area contributed by atoms with Gasteiger partial charge in [-0.1, -0.05) is 43.3 Å². The summed E-state index contributed by atoms with van der Waals surface area (Å²) < 4.78 is 5.20. The largest absolute Gasteiger partial charge is 0.497 e. The van der Waals surface area contributed by atoms with Crippen molar-refractivity contribution in [3.8, 4) is 5.75 Å². The summed E-state index contributed by atoms with van der Waals surface area (Å²) in [4.78, 5) is 2.37. The highest BCUT2D eigenvalue weighted by Gasteiger charge is 2.38. The summed E-state index contributed by atoms with van der Waals surface area (Å²) in [6, 6.07) is 16.8. The molecule has 0 saturated heterocycles. The van der Waals surface area contributed by atoms with Gasteiger partial charge in [0.2, 0.25) is 0 Å². The van der Waals surface area contributed by atoms with E-state index in [4.69, 9.17) is 4.74 Å². The minimum atomic E-state index is -0.361. The third-order valence-electron chi connectivity index (χ3n) is 5.02. The standard InChI is InChI=1S/C20H25NO2/c1-14-19(17-6-4-5-7-18(17)20(14)22)21(2)13-12-15-8-10-16(23-3)11-9-15/h4-11,14,19-20,22H,12-13H2,1-3H3. The zero-order valence-electron chi connectivity index (χ0n) is 14.1. The summed E-state index contributed by atoms with van der Waals surface area (Å²) in [7, 11) is 3.84. The van der Waals surface area contributed by atoms with E-state index in [-0.39, 0.29) is 18.1 Å². The van der Waals surface area contributed by atoms with Gasteiger partial charge in [-0.2, -0.15) is 0 Å². The molecule has 1 aliphatic carbocycles. The van der Waals surface area contributed by atoms with E-state index in [1.54, 1.807) is 7.11 Å². The average Bonchev–Trinajstić information content (AvgIpc) is 2.85. The topological polar surface area (TPSA) is 32.7 Å². The van der Waals surface area contributed by atoms with Crippen LogP contribution < -0.4 is 4.74 Å². The zero-order chi connectivity index (χ0) is 16.4. The zero-order valence-corrected chi connectivity index (χ0v) is 14.1. The lowest BCUT2D eigenvalue weighted by atomic mass is 9.99. The molecule has 122 valence electrons. The molecule has 0 amide bonds. The number of benzene rings is 2. The maximum absolute atomic E-state index is 10.5. The van der Waals surface area contributed by atoms with Gasteiger partial charge in [-0.3, -0.25) is 4.90 Å². The van der Waals surface area contributed by atoms with Crippen LogP contribution in [-0.4, -0.2) is 30.7 Å². The van der Waals surface area contributed by atoms with Crippen molar-refractivity contribution in [2.24, 2.45) is 5.92 Å². The van der Waals surface area contributed by atoms with Crippen molar-refractivity contribution < 1.29 is 9.84 Å². The highest BCUT2D eigenvalue weighted by atomic mass is 16.5. The van der Waals surface area contributed by atoms with E-state index >= 15 is 0 Å². The van der Waals surface area contributed by atoms with Crippen molar-refractivity contribution >= 4 is 0 Å². The Hall–Kier alpha value is -1.84. The number of hydrogen-bond donors (Lipinski definition) is 1. The van der Waals surface area contributed by atoms with Gasteiger partial charge in [-0.25, -0.2) is 0 Å². The van der Waals surface area contributed by atoms with E-state index in [9.17, 15) is 5.11 Å². The molecule has 1 N–H and O–H groups in total. The lowest BCUT2D eigenvalue weighted by molar-refractivity contribution is 0.0786. The van der Waals surface area contributed by atoms with Crippen LogP contribution in [0.3, 0.4) is 0 Å². The number of ether oxygens (including phenoxy) is 1. The van der Waals surface area contributed by atoms with Gasteiger partial charge in [0.1, 0.15) is 5.75 Å². The highest BCUT2D eigenvalue weighted by Crippen LogP contribution is 2.45. The van der Waals surface area contributed by atoms with E-state index in [1.807, 2.05) is 24.3 Å². The van der Waals surface area contributed by atoms with Gasteiger partial charge < -0.3 is 9.84 Å². The Morgan fingerprint density at radius 2 is 1.70 bits per heavy atom. The Morgan fingerprint density at radius 3 is 2.35 bits per heavy atom. The fourth-order valence-corrected chi connectivity index (χ4v) is 3.66. The molecule has 0 radical (unpaired) electrons. The van der Waals surface area contributed by atoms with Gasteiger partial charge >= 0.3 is 0 Å². The number of aliphatic hydroxyl groups is 1. The SMILES string of the molecule is COc1ccc(CCN(C)C2c3ccccc3C(O)C2C)cc1. The second-order valence-electron chi connectivity index (χ2n) is 6.46. The molecule has 3 heteroatoms. The number of methoxy groups -OCH3 is 1. The number of aliphatic hydroxyl groups excluding tert-OH is 1. The lowest BCUT2D eigenvalue weighted by Gasteiger charge is -2.29. The summed E-state index contributed by atoms with van der Waals surface area (Å²) in [6.07, 6.45) is 0.627. The first-order valence-electron chi connectivity index (χ1n) is 8.22. The fourth-order valence-electron chi connectivity index (χ4n) is 3.66. The molecule has 0 aromatic heterocycles. The van der Waals surface area contributed by atoms with E-state index in [2.05, 4.69) is 43.1 Å². The maximum Gasteiger partial charge on any atom is 0.118 e. The van der Waals surface area contributed by atoms with Crippen molar-refractivity contribution in [1.29, 1.82) is 0 Å². The van der Waals surface area contributed by atoms with Gasteiger partial charge in [0.25, 0.3) is 0 Å². The van der Waals surface area contributed by atoms with Gasteiger partial charge in [0, 0.05) is 18.5 Å². The second-order valence-corrected chi connectivity index (χ2v) is 6.46. The highest BCUT2D eigenvalue weighted by molar-refractivity contribution is 5.38. The summed E-state index contributed by atoms with van der Waals surface area (Å²) >= 11 is 0. The van der Waals surface area contributed by atoms with E-state index < -0.39 is 0 Å². The van der Waals surface area contributed by atoms with Crippen molar-refractivity contribution in [3.63, 3.8) is 0 Å². The summed E-state index contributed by atoms with van der Waals surface area (Å²) in [6.45, 7) is 3.10. The third-order valence-corrected chi connectivity index (χ3v) is 5.02. The minimum absolute atomic E-state index is 0.216. The predicted molar refractivity (Wildman–Crippen MR) is 92.6 cm³/mol. The molecular formula is C20H25NO2. The van der Waals surface area contributed by atoms with Crippen LogP contribution in [-0.2, 0) is 6.42 Å². The maximum atomic E-state index is 10.5. The molecule has 0 fully saturated rings. The molecule has 23 heavy (non-hydrogen) atoms. The van der Waals surface area contributed by atoms with Crippen LogP contribution in [0, 0.1) is 5.92 Å².